The zero-order valence-corrected chi connectivity index (χ0v) is 15.4. The van der Waals surface area contributed by atoms with E-state index >= 15 is 0 Å². The molecule has 0 spiro atoms. The van der Waals surface area contributed by atoms with Crippen molar-refractivity contribution in [2.24, 2.45) is 5.73 Å². The second-order valence-corrected chi connectivity index (χ2v) is 6.88. The van der Waals surface area contributed by atoms with Gasteiger partial charge in [0.25, 0.3) is 5.91 Å². The number of amides is 2. The largest absolute Gasteiger partial charge is 0.490 e. The second kappa shape index (κ2) is 8.53. The van der Waals surface area contributed by atoms with Gasteiger partial charge >= 0.3 is 0 Å². The summed E-state index contributed by atoms with van der Waals surface area (Å²) in [5, 5.41) is 7.89. The number of nitrogens with one attached hydrogen (secondary N) is 2. The summed E-state index contributed by atoms with van der Waals surface area (Å²) in [6.45, 7) is 5.78. The van der Waals surface area contributed by atoms with Crippen molar-refractivity contribution in [3.8, 4) is 5.75 Å². The van der Waals surface area contributed by atoms with Gasteiger partial charge in [0.1, 0.15) is 5.75 Å². The Morgan fingerprint density at radius 3 is 2.60 bits per heavy atom. The average molecular weight is 361 g/mol. The average Bonchev–Trinajstić information content (AvgIpc) is 3.07. The Morgan fingerprint density at radius 1 is 1.24 bits per heavy atom. The van der Waals surface area contributed by atoms with Crippen LogP contribution in [0.2, 0.25) is 0 Å². The molecule has 0 fully saturated rings. The second-order valence-electron chi connectivity index (χ2n) is 5.90. The fourth-order valence-electron chi connectivity index (χ4n) is 2.27. The van der Waals surface area contributed by atoms with Crippen molar-refractivity contribution in [3.05, 3.63) is 46.2 Å². The zero-order chi connectivity index (χ0) is 18.4. The van der Waals surface area contributed by atoms with Crippen LogP contribution in [-0.4, -0.2) is 24.5 Å². The Hall–Kier alpha value is -2.54. The molecule has 6 nitrogen and oxygen atoms in total. The molecule has 0 saturated heterocycles. The minimum Gasteiger partial charge on any atom is -0.490 e. The van der Waals surface area contributed by atoms with Crippen molar-refractivity contribution in [3.63, 3.8) is 0 Å². The highest BCUT2D eigenvalue weighted by Crippen LogP contribution is 2.23. The SMILES string of the molecule is CC(C)Oc1ccc(NCC(=O)N[C@@H](C)c2cccs2)cc1C(N)=O. The fourth-order valence-corrected chi connectivity index (χ4v) is 3.01. The van der Waals surface area contributed by atoms with E-state index < -0.39 is 5.91 Å². The van der Waals surface area contributed by atoms with E-state index in [1.54, 1.807) is 29.5 Å². The summed E-state index contributed by atoms with van der Waals surface area (Å²) in [6.07, 6.45) is -0.0681. The molecule has 0 unspecified atom stereocenters. The Kier molecular flexibility index (Phi) is 6.41. The van der Waals surface area contributed by atoms with E-state index in [0.717, 1.165) is 4.88 Å². The molecule has 1 aromatic carbocycles. The predicted molar refractivity (Wildman–Crippen MR) is 100 cm³/mol. The number of thiophene rings is 1. The van der Waals surface area contributed by atoms with Gasteiger partial charge in [-0.05, 0) is 50.4 Å². The molecule has 0 bridgehead atoms. The molecule has 7 heteroatoms. The summed E-state index contributed by atoms with van der Waals surface area (Å²) in [6, 6.07) is 8.91. The van der Waals surface area contributed by atoms with Crippen LogP contribution in [0.4, 0.5) is 5.69 Å². The van der Waals surface area contributed by atoms with Crippen molar-refractivity contribution in [1.82, 2.24) is 5.32 Å². The molecule has 2 rings (SSSR count). The molecule has 1 heterocycles. The van der Waals surface area contributed by atoms with E-state index in [2.05, 4.69) is 10.6 Å². The summed E-state index contributed by atoms with van der Waals surface area (Å²) in [5.74, 6) is -0.275. The molecule has 25 heavy (non-hydrogen) atoms. The quantitative estimate of drug-likeness (QED) is 0.674. The smallest absolute Gasteiger partial charge is 0.252 e. The molecule has 2 amide bonds. The highest BCUT2D eigenvalue weighted by atomic mass is 32.1. The molecule has 0 aliphatic carbocycles. The van der Waals surface area contributed by atoms with E-state index in [9.17, 15) is 9.59 Å². The monoisotopic (exact) mass is 361 g/mol. The van der Waals surface area contributed by atoms with Crippen LogP contribution < -0.4 is 21.1 Å². The Balaban J connectivity index is 1.97. The van der Waals surface area contributed by atoms with Gasteiger partial charge in [0.05, 0.1) is 24.3 Å². The topological polar surface area (TPSA) is 93.4 Å². The van der Waals surface area contributed by atoms with Crippen LogP contribution >= 0.6 is 11.3 Å². The number of carbonyl (C=O) groups excluding carboxylic acids is 2. The lowest BCUT2D eigenvalue weighted by atomic mass is 10.1. The number of primary amides is 1. The number of carbonyl (C=O) groups is 2. The van der Waals surface area contributed by atoms with Crippen LogP contribution in [0.3, 0.4) is 0 Å². The molecular formula is C18H23N3O3S. The lowest BCUT2D eigenvalue weighted by Gasteiger charge is -2.15. The first-order valence-electron chi connectivity index (χ1n) is 8.04. The van der Waals surface area contributed by atoms with Crippen LogP contribution in [-0.2, 0) is 4.79 Å². The third-order valence-electron chi connectivity index (χ3n) is 3.41. The van der Waals surface area contributed by atoms with Gasteiger partial charge in [-0.1, -0.05) is 6.07 Å². The molecule has 0 aliphatic rings. The first-order chi connectivity index (χ1) is 11.9. The number of anilines is 1. The number of hydrogen-bond donors (Lipinski definition) is 3. The van der Waals surface area contributed by atoms with Crippen molar-refractivity contribution in [1.29, 1.82) is 0 Å². The summed E-state index contributed by atoms with van der Waals surface area (Å²) >= 11 is 1.60. The van der Waals surface area contributed by atoms with Gasteiger partial charge in [0.15, 0.2) is 0 Å². The highest BCUT2D eigenvalue weighted by molar-refractivity contribution is 7.10. The van der Waals surface area contributed by atoms with E-state index in [-0.39, 0.29) is 30.2 Å². The summed E-state index contributed by atoms with van der Waals surface area (Å²) < 4.78 is 5.57. The van der Waals surface area contributed by atoms with Gasteiger partial charge in [-0.3, -0.25) is 9.59 Å². The maximum atomic E-state index is 12.1. The number of rotatable bonds is 8. The molecule has 1 atom stereocenters. The summed E-state index contributed by atoms with van der Waals surface area (Å²) in [4.78, 5) is 24.8. The normalized spacial score (nSPS) is 11.8. The van der Waals surface area contributed by atoms with Crippen LogP contribution in [0.1, 0.15) is 42.0 Å². The van der Waals surface area contributed by atoms with Gasteiger partial charge in [-0.25, -0.2) is 0 Å². The van der Waals surface area contributed by atoms with Crippen molar-refractivity contribution in [2.75, 3.05) is 11.9 Å². The van der Waals surface area contributed by atoms with E-state index in [1.165, 1.54) is 0 Å². The van der Waals surface area contributed by atoms with Crippen LogP contribution in [0.5, 0.6) is 5.75 Å². The number of hydrogen-bond acceptors (Lipinski definition) is 5. The summed E-state index contributed by atoms with van der Waals surface area (Å²) in [7, 11) is 0. The molecule has 1 aromatic heterocycles. The summed E-state index contributed by atoms with van der Waals surface area (Å²) in [5.41, 5.74) is 6.32. The molecular weight excluding hydrogens is 338 g/mol. The van der Waals surface area contributed by atoms with Gasteiger partial charge < -0.3 is 21.1 Å². The van der Waals surface area contributed by atoms with Crippen LogP contribution in [0.25, 0.3) is 0 Å². The zero-order valence-electron chi connectivity index (χ0n) is 14.5. The third kappa shape index (κ3) is 5.49. The predicted octanol–water partition coefficient (Wildman–Crippen LogP) is 2.92. The Morgan fingerprint density at radius 2 is 2.00 bits per heavy atom. The first kappa shape index (κ1) is 18.8. The van der Waals surface area contributed by atoms with Gasteiger partial charge in [0, 0.05) is 10.6 Å². The standard InChI is InChI=1S/C18H23N3O3S/c1-11(2)24-15-7-6-13(9-14(15)18(19)23)20-10-17(22)21-12(3)16-5-4-8-25-16/h4-9,11-12,20H,10H2,1-3H3,(H2,19,23)(H,21,22)/t12-/m0/s1. The number of ether oxygens (including phenoxy) is 1. The maximum absolute atomic E-state index is 12.1. The van der Waals surface area contributed by atoms with Crippen molar-refractivity contribution >= 4 is 28.8 Å². The molecule has 2 aromatic rings. The first-order valence-corrected chi connectivity index (χ1v) is 8.92. The Bertz CT molecular complexity index is 729. The maximum Gasteiger partial charge on any atom is 0.252 e. The van der Waals surface area contributed by atoms with Crippen molar-refractivity contribution < 1.29 is 14.3 Å². The number of nitrogens with two attached hydrogens (primary N) is 1. The van der Waals surface area contributed by atoms with E-state index in [4.69, 9.17) is 10.5 Å². The van der Waals surface area contributed by atoms with Gasteiger partial charge in [-0.2, -0.15) is 0 Å². The van der Waals surface area contributed by atoms with Gasteiger partial charge in [0.2, 0.25) is 5.91 Å². The molecule has 4 N–H and O–H groups in total. The van der Waals surface area contributed by atoms with E-state index in [0.29, 0.717) is 11.4 Å². The minimum atomic E-state index is -0.574. The van der Waals surface area contributed by atoms with Crippen LogP contribution in [0.15, 0.2) is 35.7 Å². The Labute approximate surface area is 151 Å². The van der Waals surface area contributed by atoms with Gasteiger partial charge in [-0.15, -0.1) is 11.3 Å². The fraction of sp³-hybridized carbons (Fsp3) is 0.333. The lowest BCUT2D eigenvalue weighted by Crippen LogP contribution is -2.31. The third-order valence-corrected chi connectivity index (χ3v) is 4.46. The molecule has 0 aliphatic heterocycles. The molecule has 0 radical (unpaired) electrons. The minimum absolute atomic E-state index is 0.0442. The number of benzene rings is 1. The lowest BCUT2D eigenvalue weighted by molar-refractivity contribution is -0.120. The van der Waals surface area contributed by atoms with E-state index in [1.807, 2.05) is 38.3 Å². The molecule has 0 saturated carbocycles. The molecule has 134 valence electrons. The van der Waals surface area contributed by atoms with Crippen molar-refractivity contribution in [2.45, 2.75) is 32.9 Å². The van der Waals surface area contributed by atoms with Crippen LogP contribution in [0, 0.1) is 0 Å². The highest BCUT2D eigenvalue weighted by Gasteiger charge is 2.13.